The number of hydrogen-bond donors (Lipinski definition) is 2. The minimum atomic E-state index is -0.0355. The van der Waals surface area contributed by atoms with Gasteiger partial charge in [-0.3, -0.25) is 4.79 Å². The first-order valence-electron chi connectivity index (χ1n) is 9.18. The molecule has 1 aromatic heterocycles. The molecule has 0 unspecified atom stereocenters. The molecule has 0 fully saturated rings. The maximum absolute atomic E-state index is 11.8. The monoisotopic (exact) mass is 391 g/mol. The van der Waals surface area contributed by atoms with Gasteiger partial charge in [-0.1, -0.05) is 51.6 Å². The van der Waals surface area contributed by atoms with Crippen molar-refractivity contribution in [3.05, 3.63) is 35.7 Å². The van der Waals surface area contributed by atoms with Gasteiger partial charge in [0.2, 0.25) is 11.1 Å². The molecule has 1 heterocycles. The summed E-state index contributed by atoms with van der Waals surface area (Å²) in [5, 5.41) is 11.5. The molecule has 0 radical (unpaired) electrons. The van der Waals surface area contributed by atoms with Crippen LogP contribution in [0, 0.1) is 5.92 Å². The summed E-state index contributed by atoms with van der Waals surface area (Å²) in [5.41, 5.74) is 1.26. The fraction of sp³-hybridized carbons (Fsp3) is 0.526. The van der Waals surface area contributed by atoms with Crippen molar-refractivity contribution in [2.24, 2.45) is 5.92 Å². The summed E-state index contributed by atoms with van der Waals surface area (Å²) in [6.07, 6.45) is 0.961. The van der Waals surface area contributed by atoms with Crippen molar-refractivity contribution in [3.8, 4) is 5.75 Å². The van der Waals surface area contributed by atoms with Gasteiger partial charge in [0.1, 0.15) is 12.4 Å². The molecule has 27 heavy (non-hydrogen) atoms. The van der Waals surface area contributed by atoms with Crippen LogP contribution in [0.2, 0.25) is 0 Å². The number of nitrogens with zero attached hydrogens (tertiary/aromatic N) is 3. The molecular formula is C19H29N5O2S. The third kappa shape index (κ3) is 6.78. The first-order chi connectivity index (χ1) is 12.9. The van der Waals surface area contributed by atoms with Crippen molar-refractivity contribution in [1.29, 1.82) is 0 Å². The summed E-state index contributed by atoms with van der Waals surface area (Å²) in [7, 11) is 0. The van der Waals surface area contributed by atoms with Crippen LogP contribution in [0.3, 0.4) is 0 Å². The van der Waals surface area contributed by atoms with Crippen LogP contribution in [0.25, 0.3) is 0 Å². The van der Waals surface area contributed by atoms with Crippen LogP contribution in [0.1, 0.15) is 51.4 Å². The Hall–Kier alpha value is -2.22. The molecule has 3 N–H and O–H groups in total. The van der Waals surface area contributed by atoms with E-state index in [1.54, 1.807) is 0 Å². The second-order valence-corrected chi connectivity index (χ2v) is 8.04. The number of amides is 1. The number of carbonyl (C=O) groups is 1. The Morgan fingerprint density at radius 3 is 2.56 bits per heavy atom. The highest BCUT2D eigenvalue weighted by molar-refractivity contribution is 7.99. The molecule has 0 spiro atoms. The van der Waals surface area contributed by atoms with Crippen LogP contribution in [-0.2, 0) is 11.4 Å². The van der Waals surface area contributed by atoms with Crippen molar-refractivity contribution in [2.75, 3.05) is 18.1 Å². The molecule has 0 saturated heterocycles. The molecule has 0 bridgehead atoms. The molecule has 0 saturated carbocycles. The van der Waals surface area contributed by atoms with Crippen LogP contribution < -0.4 is 15.9 Å². The number of nitrogen functional groups attached to an aromatic ring is 1. The fourth-order valence-corrected chi connectivity index (χ4v) is 2.99. The number of carbonyl (C=O) groups excluding carboxylic acids is 1. The van der Waals surface area contributed by atoms with Gasteiger partial charge in [0.05, 0.1) is 5.75 Å². The van der Waals surface area contributed by atoms with Gasteiger partial charge >= 0.3 is 0 Å². The summed E-state index contributed by atoms with van der Waals surface area (Å²) in [6.45, 7) is 9.44. The van der Waals surface area contributed by atoms with E-state index in [1.165, 1.54) is 22.0 Å². The Bertz CT molecular complexity index is 728. The molecule has 7 nitrogen and oxygen atoms in total. The largest absolute Gasteiger partial charge is 0.486 e. The van der Waals surface area contributed by atoms with E-state index in [-0.39, 0.29) is 18.3 Å². The highest BCUT2D eigenvalue weighted by Crippen LogP contribution is 2.20. The first-order valence-corrected chi connectivity index (χ1v) is 10.2. The van der Waals surface area contributed by atoms with Gasteiger partial charge in [-0.25, -0.2) is 4.68 Å². The molecule has 0 atom stereocenters. The number of hydrogen-bond acceptors (Lipinski definition) is 6. The summed E-state index contributed by atoms with van der Waals surface area (Å²) >= 11 is 1.26. The number of ether oxygens (including phenoxy) is 1. The summed E-state index contributed by atoms with van der Waals surface area (Å²) in [6, 6.07) is 7.96. The average Bonchev–Trinajstić information content (AvgIpc) is 2.98. The molecule has 0 aliphatic rings. The Balaban J connectivity index is 1.81. The van der Waals surface area contributed by atoms with Crippen molar-refractivity contribution in [3.63, 3.8) is 0 Å². The quantitative estimate of drug-likeness (QED) is 0.478. The minimum Gasteiger partial charge on any atom is -0.486 e. The van der Waals surface area contributed by atoms with Crippen molar-refractivity contribution in [2.45, 2.75) is 51.8 Å². The SMILES string of the molecule is CC(C)CCNC(=O)CSc1nnc(COc2ccc(C(C)C)cc2)n1N. The zero-order chi connectivity index (χ0) is 19.8. The Morgan fingerprint density at radius 2 is 1.93 bits per heavy atom. The fourth-order valence-electron chi connectivity index (χ4n) is 2.28. The number of nitrogens with two attached hydrogens (primary N) is 1. The number of thioether (sulfide) groups is 1. The molecule has 1 aromatic carbocycles. The van der Waals surface area contributed by atoms with E-state index in [0.29, 0.717) is 29.4 Å². The van der Waals surface area contributed by atoms with Gasteiger partial charge < -0.3 is 15.9 Å². The lowest BCUT2D eigenvalue weighted by Crippen LogP contribution is -2.27. The molecule has 148 valence electrons. The van der Waals surface area contributed by atoms with E-state index in [0.717, 1.165) is 12.2 Å². The molecule has 1 amide bonds. The lowest BCUT2D eigenvalue weighted by Gasteiger charge is -2.09. The van der Waals surface area contributed by atoms with Gasteiger partial charge in [0.25, 0.3) is 0 Å². The Morgan fingerprint density at radius 1 is 1.22 bits per heavy atom. The summed E-state index contributed by atoms with van der Waals surface area (Å²) in [5.74, 6) is 8.54. The second-order valence-electron chi connectivity index (χ2n) is 7.10. The van der Waals surface area contributed by atoms with Crippen LogP contribution in [0.15, 0.2) is 29.4 Å². The van der Waals surface area contributed by atoms with E-state index in [2.05, 4.69) is 43.2 Å². The smallest absolute Gasteiger partial charge is 0.230 e. The maximum atomic E-state index is 11.8. The Kier molecular flexibility index (Phi) is 7.97. The lowest BCUT2D eigenvalue weighted by atomic mass is 10.0. The van der Waals surface area contributed by atoms with Crippen molar-refractivity contribution in [1.82, 2.24) is 20.2 Å². The number of aromatic nitrogens is 3. The minimum absolute atomic E-state index is 0.0355. The highest BCUT2D eigenvalue weighted by atomic mass is 32.2. The highest BCUT2D eigenvalue weighted by Gasteiger charge is 2.13. The molecule has 2 aromatic rings. The van der Waals surface area contributed by atoms with Crippen molar-refractivity contribution >= 4 is 17.7 Å². The van der Waals surface area contributed by atoms with Crippen LogP contribution in [0.5, 0.6) is 5.75 Å². The number of rotatable bonds is 10. The van der Waals surface area contributed by atoms with Gasteiger partial charge in [-0.15, -0.1) is 10.2 Å². The third-order valence-corrected chi connectivity index (χ3v) is 4.97. The van der Waals surface area contributed by atoms with Gasteiger partial charge in [-0.2, -0.15) is 0 Å². The van der Waals surface area contributed by atoms with E-state index < -0.39 is 0 Å². The average molecular weight is 392 g/mol. The molecule has 8 heteroatoms. The standard InChI is InChI=1S/C19H29N5O2S/c1-13(2)9-10-21-18(25)12-27-19-23-22-17(24(19)20)11-26-16-7-5-15(6-8-16)14(3)4/h5-8,13-14H,9-12,20H2,1-4H3,(H,21,25). The summed E-state index contributed by atoms with van der Waals surface area (Å²) < 4.78 is 7.10. The molecule has 0 aliphatic carbocycles. The normalized spacial score (nSPS) is 11.2. The zero-order valence-corrected chi connectivity index (χ0v) is 17.3. The van der Waals surface area contributed by atoms with Gasteiger partial charge in [0, 0.05) is 6.54 Å². The zero-order valence-electron chi connectivity index (χ0n) is 16.4. The molecule has 0 aliphatic heterocycles. The van der Waals surface area contributed by atoms with Gasteiger partial charge in [0.15, 0.2) is 5.82 Å². The van der Waals surface area contributed by atoms with Crippen LogP contribution in [-0.4, -0.2) is 33.1 Å². The number of benzene rings is 1. The van der Waals surface area contributed by atoms with Crippen LogP contribution in [0.4, 0.5) is 0 Å². The third-order valence-electron chi connectivity index (χ3n) is 4.03. The van der Waals surface area contributed by atoms with Crippen LogP contribution >= 0.6 is 11.8 Å². The lowest BCUT2D eigenvalue weighted by molar-refractivity contribution is -0.118. The predicted molar refractivity (Wildman–Crippen MR) is 108 cm³/mol. The van der Waals surface area contributed by atoms with E-state index in [9.17, 15) is 4.79 Å². The van der Waals surface area contributed by atoms with E-state index in [4.69, 9.17) is 10.6 Å². The topological polar surface area (TPSA) is 95.1 Å². The molecule has 2 rings (SSSR count). The summed E-state index contributed by atoms with van der Waals surface area (Å²) in [4.78, 5) is 11.8. The van der Waals surface area contributed by atoms with Gasteiger partial charge in [-0.05, 0) is 36.0 Å². The maximum Gasteiger partial charge on any atom is 0.230 e. The second kappa shape index (κ2) is 10.2. The van der Waals surface area contributed by atoms with Crippen molar-refractivity contribution < 1.29 is 9.53 Å². The Labute approximate surface area is 165 Å². The van der Waals surface area contributed by atoms with E-state index >= 15 is 0 Å². The predicted octanol–water partition coefficient (Wildman–Crippen LogP) is 2.95. The molecular weight excluding hydrogens is 362 g/mol. The number of nitrogens with one attached hydrogen (secondary N) is 1. The first kappa shape index (κ1) is 21.1. The van der Waals surface area contributed by atoms with E-state index in [1.807, 2.05) is 24.3 Å².